The first-order valence-electron chi connectivity index (χ1n) is 11.1. The molecule has 0 aliphatic carbocycles. The number of hydrogen-bond acceptors (Lipinski definition) is 3. The molecule has 5 aromatic rings. The Morgan fingerprint density at radius 2 is 1.61 bits per heavy atom. The number of carboxylic acids is 1. The molecule has 1 N–H and O–H groups in total. The molecule has 0 unspecified atom stereocenters. The molecular formula is C28H24N2O3. The maximum absolute atomic E-state index is 12.3. The second-order valence-electron chi connectivity index (χ2n) is 8.02. The van der Waals surface area contributed by atoms with Gasteiger partial charge in [0.2, 0.25) is 0 Å². The zero-order chi connectivity index (χ0) is 22.6. The summed E-state index contributed by atoms with van der Waals surface area (Å²) < 4.78 is 7.99. The number of aromatic carboxylic acids is 1. The summed E-state index contributed by atoms with van der Waals surface area (Å²) >= 11 is 0. The van der Waals surface area contributed by atoms with Crippen LogP contribution in [-0.2, 0) is 13.0 Å². The number of aromatic nitrogens is 2. The molecule has 164 valence electrons. The van der Waals surface area contributed by atoms with Crippen molar-refractivity contribution in [1.82, 2.24) is 9.55 Å². The SMILES string of the molecule is O=C(O)c1c(CCCOc2cccc3ccccc23)c2ccccc2n1Cc1ccncc1. The Labute approximate surface area is 191 Å². The number of ether oxygens (including phenoxy) is 1. The summed E-state index contributed by atoms with van der Waals surface area (Å²) in [5, 5.41) is 13.3. The number of hydrogen-bond donors (Lipinski definition) is 1. The fourth-order valence-corrected chi connectivity index (χ4v) is 4.46. The summed E-state index contributed by atoms with van der Waals surface area (Å²) in [6.45, 7) is 0.994. The van der Waals surface area contributed by atoms with Crippen molar-refractivity contribution in [2.24, 2.45) is 0 Å². The molecule has 0 saturated carbocycles. The Hall–Kier alpha value is -4.12. The molecule has 0 saturated heterocycles. The summed E-state index contributed by atoms with van der Waals surface area (Å²) in [6, 6.07) is 25.9. The van der Waals surface area contributed by atoms with Crippen LogP contribution in [0.4, 0.5) is 0 Å². The number of carboxylic acid groups (broad SMARTS) is 1. The van der Waals surface area contributed by atoms with Crippen LogP contribution in [0.25, 0.3) is 21.7 Å². The molecule has 5 nitrogen and oxygen atoms in total. The minimum atomic E-state index is -0.912. The van der Waals surface area contributed by atoms with Gasteiger partial charge in [0.25, 0.3) is 0 Å². The van der Waals surface area contributed by atoms with Crippen LogP contribution >= 0.6 is 0 Å². The van der Waals surface area contributed by atoms with Crippen molar-refractivity contribution in [3.05, 3.63) is 108 Å². The van der Waals surface area contributed by atoms with Crippen molar-refractivity contribution in [2.45, 2.75) is 19.4 Å². The van der Waals surface area contributed by atoms with Crippen LogP contribution in [0, 0.1) is 0 Å². The zero-order valence-electron chi connectivity index (χ0n) is 18.1. The van der Waals surface area contributed by atoms with Crippen LogP contribution in [0.1, 0.15) is 28.0 Å². The van der Waals surface area contributed by atoms with Crippen LogP contribution in [0.5, 0.6) is 5.75 Å². The molecule has 0 bridgehead atoms. The first-order valence-corrected chi connectivity index (χ1v) is 11.1. The van der Waals surface area contributed by atoms with Gasteiger partial charge in [-0.1, -0.05) is 54.6 Å². The summed E-state index contributed by atoms with van der Waals surface area (Å²) in [5.74, 6) is -0.0584. The molecule has 0 radical (unpaired) electrons. The van der Waals surface area contributed by atoms with E-state index in [2.05, 4.69) is 23.2 Å². The van der Waals surface area contributed by atoms with Gasteiger partial charge in [0, 0.05) is 35.2 Å². The van der Waals surface area contributed by atoms with Gasteiger partial charge >= 0.3 is 5.97 Å². The van der Waals surface area contributed by atoms with Crippen molar-refractivity contribution < 1.29 is 14.6 Å². The number of fused-ring (bicyclic) bond motifs is 2. The summed E-state index contributed by atoms with van der Waals surface area (Å²) in [7, 11) is 0. The van der Waals surface area contributed by atoms with E-state index < -0.39 is 5.97 Å². The normalized spacial score (nSPS) is 11.2. The summed E-state index contributed by atoms with van der Waals surface area (Å²) in [4.78, 5) is 16.4. The fraction of sp³-hybridized carbons (Fsp3) is 0.143. The number of benzene rings is 3. The van der Waals surface area contributed by atoms with Gasteiger partial charge in [-0.3, -0.25) is 4.98 Å². The van der Waals surface area contributed by atoms with Crippen LogP contribution in [-0.4, -0.2) is 27.2 Å². The van der Waals surface area contributed by atoms with E-state index in [9.17, 15) is 9.90 Å². The number of nitrogens with zero attached hydrogens (tertiary/aromatic N) is 2. The Kier molecular flexibility index (Phi) is 5.77. The molecule has 0 atom stereocenters. The van der Waals surface area contributed by atoms with Crippen molar-refractivity contribution in [3.63, 3.8) is 0 Å². The van der Waals surface area contributed by atoms with Crippen molar-refractivity contribution in [3.8, 4) is 5.75 Å². The second kappa shape index (κ2) is 9.17. The zero-order valence-corrected chi connectivity index (χ0v) is 18.1. The number of aryl methyl sites for hydroxylation is 1. The lowest BCUT2D eigenvalue weighted by Gasteiger charge is -2.10. The minimum Gasteiger partial charge on any atom is -0.493 e. The standard InChI is InChI=1S/C28H24N2O3/c31-28(32)27-24(11-6-18-33-26-13-5-8-21-7-1-2-9-22(21)26)23-10-3-4-12-25(23)30(27)19-20-14-16-29-17-15-20/h1-5,7-10,12-17H,6,11,18-19H2,(H,31,32). The monoisotopic (exact) mass is 436 g/mol. The highest BCUT2D eigenvalue weighted by Crippen LogP contribution is 2.29. The van der Waals surface area contributed by atoms with E-state index in [1.54, 1.807) is 12.4 Å². The molecule has 0 spiro atoms. The molecule has 0 aliphatic rings. The van der Waals surface area contributed by atoms with Crippen LogP contribution < -0.4 is 4.74 Å². The van der Waals surface area contributed by atoms with E-state index >= 15 is 0 Å². The lowest BCUT2D eigenvalue weighted by molar-refractivity contribution is 0.0685. The number of rotatable bonds is 8. The topological polar surface area (TPSA) is 64.3 Å². The molecule has 0 aliphatic heterocycles. The third-order valence-corrected chi connectivity index (χ3v) is 5.95. The van der Waals surface area contributed by atoms with Crippen molar-refractivity contribution in [1.29, 1.82) is 0 Å². The predicted octanol–water partition coefficient (Wildman–Crippen LogP) is 5.95. The molecular weight excluding hydrogens is 412 g/mol. The average molecular weight is 437 g/mol. The quantitative estimate of drug-likeness (QED) is 0.305. The van der Waals surface area contributed by atoms with Crippen molar-refractivity contribution in [2.75, 3.05) is 6.61 Å². The maximum Gasteiger partial charge on any atom is 0.352 e. The van der Waals surface area contributed by atoms with Crippen molar-refractivity contribution >= 4 is 27.6 Å². The van der Waals surface area contributed by atoms with E-state index in [-0.39, 0.29) is 0 Å². The highest BCUT2D eigenvalue weighted by Gasteiger charge is 2.22. The molecule has 0 fully saturated rings. The molecule has 5 heteroatoms. The first-order chi connectivity index (χ1) is 16.2. The van der Waals surface area contributed by atoms with E-state index in [1.807, 2.05) is 65.2 Å². The van der Waals surface area contributed by atoms with Crippen LogP contribution in [0.15, 0.2) is 91.3 Å². The van der Waals surface area contributed by atoms with E-state index in [4.69, 9.17) is 4.74 Å². The lowest BCUT2D eigenvalue weighted by Crippen LogP contribution is -2.12. The molecule has 2 heterocycles. The Balaban J connectivity index is 1.41. The lowest BCUT2D eigenvalue weighted by atomic mass is 10.1. The van der Waals surface area contributed by atoms with Gasteiger partial charge in [0.05, 0.1) is 6.61 Å². The van der Waals surface area contributed by atoms with Gasteiger partial charge in [-0.2, -0.15) is 0 Å². The van der Waals surface area contributed by atoms with Gasteiger partial charge < -0.3 is 14.4 Å². The smallest absolute Gasteiger partial charge is 0.352 e. The minimum absolute atomic E-state index is 0.346. The highest BCUT2D eigenvalue weighted by atomic mass is 16.5. The van der Waals surface area contributed by atoms with E-state index in [0.717, 1.165) is 38.6 Å². The van der Waals surface area contributed by atoms with Gasteiger partial charge in [-0.05, 0) is 53.6 Å². The molecule has 3 aromatic carbocycles. The van der Waals surface area contributed by atoms with Crippen LogP contribution in [0.3, 0.4) is 0 Å². The van der Waals surface area contributed by atoms with Crippen LogP contribution in [0.2, 0.25) is 0 Å². The Bertz CT molecular complexity index is 1420. The third kappa shape index (κ3) is 4.17. The summed E-state index contributed by atoms with van der Waals surface area (Å²) in [5.41, 5.74) is 3.14. The molecule has 33 heavy (non-hydrogen) atoms. The molecule has 0 amide bonds. The average Bonchev–Trinajstić information content (AvgIpc) is 3.16. The summed E-state index contributed by atoms with van der Waals surface area (Å²) in [6.07, 6.45) is 4.79. The van der Waals surface area contributed by atoms with E-state index in [1.165, 1.54) is 0 Å². The number of carbonyl (C=O) groups is 1. The van der Waals surface area contributed by atoms with Gasteiger partial charge in [0.1, 0.15) is 11.4 Å². The second-order valence-corrected chi connectivity index (χ2v) is 8.02. The van der Waals surface area contributed by atoms with Gasteiger partial charge in [-0.25, -0.2) is 4.79 Å². The van der Waals surface area contributed by atoms with Gasteiger partial charge in [0.15, 0.2) is 0 Å². The molecule has 5 rings (SSSR count). The first kappa shape index (κ1) is 20.8. The molecule has 2 aromatic heterocycles. The van der Waals surface area contributed by atoms with E-state index in [0.29, 0.717) is 31.7 Å². The highest BCUT2D eigenvalue weighted by molar-refractivity contribution is 5.98. The number of pyridine rings is 1. The number of para-hydroxylation sites is 1. The predicted molar refractivity (Wildman–Crippen MR) is 130 cm³/mol. The Morgan fingerprint density at radius 3 is 2.42 bits per heavy atom. The fourth-order valence-electron chi connectivity index (χ4n) is 4.46. The third-order valence-electron chi connectivity index (χ3n) is 5.95. The van der Waals surface area contributed by atoms with Gasteiger partial charge in [-0.15, -0.1) is 0 Å². The maximum atomic E-state index is 12.3. The Morgan fingerprint density at radius 1 is 0.879 bits per heavy atom. The largest absolute Gasteiger partial charge is 0.493 e.